The molecule has 2 atom stereocenters. The van der Waals surface area contributed by atoms with Gasteiger partial charge in [0.15, 0.2) is 10.6 Å². The zero-order valence-corrected chi connectivity index (χ0v) is 16.1. The summed E-state index contributed by atoms with van der Waals surface area (Å²) < 4.78 is 16.4. The molecule has 0 bridgehead atoms. The third kappa shape index (κ3) is 3.88. The van der Waals surface area contributed by atoms with E-state index in [0.717, 1.165) is 61.2 Å². The first-order chi connectivity index (χ1) is 12.2. The van der Waals surface area contributed by atoms with Gasteiger partial charge in [-0.15, -0.1) is 16.4 Å². The van der Waals surface area contributed by atoms with Crippen molar-refractivity contribution in [3.8, 4) is 10.7 Å². The third-order valence-corrected chi connectivity index (χ3v) is 6.03. The van der Waals surface area contributed by atoms with Crippen LogP contribution in [0.15, 0.2) is 17.5 Å². The molecule has 0 spiro atoms. The van der Waals surface area contributed by atoms with Crippen molar-refractivity contribution >= 4 is 23.6 Å². The highest BCUT2D eigenvalue weighted by Crippen LogP contribution is 2.25. The molecule has 2 aromatic heterocycles. The van der Waals surface area contributed by atoms with Crippen molar-refractivity contribution < 1.29 is 9.47 Å². The summed E-state index contributed by atoms with van der Waals surface area (Å²) >= 11 is 7.47. The van der Waals surface area contributed by atoms with Gasteiger partial charge in [0.25, 0.3) is 0 Å². The first-order valence-electron chi connectivity index (χ1n) is 8.88. The number of rotatable bonds is 5. The quantitative estimate of drug-likeness (QED) is 0.746. The summed E-state index contributed by atoms with van der Waals surface area (Å²) in [5.41, 5.74) is 0. The highest BCUT2D eigenvalue weighted by Gasteiger charge is 2.23. The Morgan fingerprint density at radius 3 is 3.00 bits per heavy atom. The molecular formula is C17H24N4O2S2. The second kappa shape index (κ2) is 7.67. The second-order valence-electron chi connectivity index (χ2n) is 6.73. The van der Waals surface area contributed by atoms with Crippen molar-refractivity contribution in [3.63, 3.8) is 0 Å². The van der Waals surface area contributed by atoms with E-state index in [2.05, 4.69) is 33.9 Å². The zero-order chi connectivity index (χ0) is 17.2. The van der Waals surface area contributed by atoms with Crippen LogP contribution in [-0.2, 0) is 22.7 Å². The minimum Gasteiger partial charge on any atom is -0.376 e. The van der Waals surface area contributed by atoms with Crippen molar-refractivity contribution in [2.24, 2.45) is 0 Å². The van der Waals surface area contributed by atoms with Gasteiger partial charge in [0.2, 0.25) is 0 Å². The van der Waals surface area contributed by atoms with E-state index >= 15 is 0 Å². The number of aromatic nitrogens is 3. The van der Waals surface area contributed by atoms with Gasteiger partial charge in [-0.2, -0.15) is 0 Å². The Bertz CT molecular complexity index is 749. The van der Waals surface area contributed by atoms with Crippen LogP contribution in [0.1, 0.15) is 19.8 Å². The van der Waals surface area contributed by atoms with E-state index in [-0.39, 0.29) is 12.2 Å². The number of nitrogens with zero attached hydrogens (tertiary/aromatic N) is 4. The smallest absolute Gasteiger partial charge is 0.199 e. The highest BCUT2D eigenvalue weighted by atomic mass is 32.1. The van der Waals surface area contributed by atoms with Crippen LogP contribution in [0, 0.1) is 4.77 Å². The number of hydrogen-bond donors (Lipinski definition) is 0. The molecule has 136 valence electrons. The molecule has 2 aliphatic heterocycles. The predicted octanol–water partition coefficient (Wildman–Crippen LogP) is 3.00. The summed E-state index contributed by atoms with van der Waals surface area (Å²) in [5, 5.41) is 6.94. The lowest BCUT2D eigenvalue weighted by atomic mass is 10.2. The highest BCUT2D eigenvalue weighted by molar-refractivity contribution is 7.71. The number of ether oxygens (including phenoxy) is 2. The van der Waals surface area contributed by atoms with Crippen LogP contribution >= 0.6 is 23.6 Å². The van der Waals surface area contributed by atoms with Gasteiger partial charge in [0.05, 0.1) is 36.9 Å². The van der Waals surface area contributed by atoms with Gasteiger partial charge in [-0.05, 0) is 43.4 Å². The molecule has 25 heavy (non-hydrogen) atoms. The van der Waals surface area contributed by atoms with Crippen molar-refractivity contribution in [1.29, 1.82) is 0 Å². The second-order valence-corrected chi connectivity index (χ2v) is 8.04. The summed E-state index contributed by atoms with van der Waals surface area (Å²) in [6.07, 6.45) is 2.73. The molecule has 2 saturated heterocycles. The lowest BCUT2D eigenvalue weighted by molar-refractivity contribution is -0.0307. The van der Waals surface area contributed by atoms with Gasteiger partial charge in [0, 0.05) is 19.7 Å². The van der Waals surface area contributed by atoms with Crippen molar-refractivity contribution in [3.05, 3.63) is 22.3 Å². The topological polar surface area (TPSA) is 44.5 Å². The summed E-state index contributed by atoms with van der Waals surface area (Å²) in [7, 11) is 0. The minimum atomic E-state index is 0.242. The van der Waals surface area contributed by atoms with Crippen molar-refractivity contribution in [2.45, 2.75) is 45.2 Å². The maximum absolute atomic E-state index is 5.83. The molecule has 0 N–H and O–H groups in total. The molecule has 2 aliphatic rings. The number of thiophene rings is 1. The molecule has 2 aromatic rings. The Morgan fingerprint density at radius 1 is 1.36 bits per heavy atom. The lowest BCUT2D eigenvalue weighted by Crippen LogP contribution is -2.42. The van der Waals surface area contributed by atoms with Crippen LogP contribution in [0.25, 0.3) is 10.7 Å². The van der Waals surface area contributed by atoms with Crippen LogP contribution in [0.5, 0.6) is 0 Å². The average Bonchev–Trinajstić information content (AvgIpc) is 3.33. The fourth-order valence-electron chi connectivity index (χ4n) is 3.49. The van der Waals surface area contributed by atoms with Crippen LogP contribution in [0.4, 0.5) is 0 Å². The van der Waals surface area contributed by atoms with Crippen LogP contribution in [0.3, 0.4) is 0 Å². The third-order valence-electron chi connectivity index (χ3n) is 4.73. The fraction of sp³-hybridized carbons (Fsp3) is 0.647. The molecule has 0 unspecified atom stereocenters. The van der Waals surface area contributed by atoms with Crippen molar-refractivity contribution in [1.82, 2.24) is 19.2 Å². The molecule has 0 radical (unpaired) electrons. The van der Waals surface area contributed by atoms with Gasteiger partial charge in [-0.3, -0.25) is 9.47 Å². The molecule has 0 aliphatic carbocycles. The Balaban J connectivity index is 1.62. The summed E-state index contributed by atoms with van der Waals surface area (Å²) in [6, 6.07) is 4.16. The Labute approximate surface area is 157 Å². The Morgan fingerprint density at radius 2 is 2.28 bits per heavy atom. The molecule has 0 aromatic carbocycles. The Kier molecular flexibility index (Phi) is 5.33. The lowest BCUT2D eigenvalue weighted by Gasteiger charge is -2.30. The average molecular weight is 381 g/mol. The van der Waals surface area contributed by atoms with E-state index in [4.69, 9.17) is 26.8 Å². The van der Waals surface area contributed by atoms with Crippen LogP contribution < -0.4 is 0 Å². The van der Waals surface area contributed by atoms with Crippen LogP contribution in [-0.4, -0.2) is 57.8 Å². The van der Waals surface area contributed by atoms with E-state index in [0.29, 0.717) is 6.67 Å². The summed E-state index contributed by atoms with van der Waals surface area (Å²) in [4.78, 5) is 3.50. The molecule has 0 saturated carbocycles. The normalized spacial score (nSPS) is 24.8. The first-order valence-corrected chi connectivity index (χ1v) is 10.2. The Hall–Kier alpha value is -1.06. The number of hydrogen-bond acceptors (Lipinski definition) is 6. The van der Waals surface area contributed by atoms with E-state index in [1.165, 1.54) is 0 Å². The van der Waals surface area contributed by atoms with E-state index in [9.17, 15) is 0 Å². The molecule has 4 rings (SSSR count). The van der Waals surface area contributed by atoms with E-state index in [1.54, 1.807) is 11.3 Å². The number of morpholine rings is 1. The fourth-order valence-corrected chi connectivity index (χ4v) is 4.46. The molecule has 2 fully saturated rings. The van der Waals surface area contributed by atoms with Crippen molar-refractivity contribution in [2.75, 3.05) is 26.3 Å². The van der Waals surface area contributed by atoms with E-state index < -0.39 is 0 Å². The van der Waals surface area contributed by atoms with Gasteiger partial charge in [-0.25, -0.2) is 4.68 Å². The largest absolute Gasteiger partial charge is 0.376 e. The molecule has 6 nitrogen and oxygen atoms in total. The van der Waals surface area contributed by atoms with Gasteiger partial charge in [0.1, 0.15) is 0 Å². The maximum atomic E-state index is 5.83. The summed E-state index contributed by atoms with van der Waals surface area (Å²) in [5.74, 6) is 0.955. The zero-order valence-electron chi connectivity index (χ0n) is 14.5. The van der Waals surface area contributed by atoms with E-state index in [1.807, 2.05) is 4.68 Å². The summed E-state index contributed by atoms with van der Waals surface area (Å²) in [6.45, 7) is 7.05. The predicted molar refractivity (Wildman–Crippen MR) is 100 cm³/mol. The first kappa shape index (κ1) is 17.4. The van der Waals surface area contributed by atoms with Gasteiger partial charge >= 0.3 is 0 Å². The maximum Gasteiger partial charge on any atom is 0.199 e. The standard InChI is InChI=1S/C17H24N4O2S2/c1-13-10-19(6-8-22-13)12-21-17(24)20(11-14-4-2-7-23-14)16(18-21)15-5-3-9-25-15/h3,5,9,13-14H,2,4,6-8,10-12H2,1H3/t13-,14+/m1/s1. The molecule has 4 heterocycles. The molecule has 0 amide bonds. The SMILES string of the molecule is C[C@@H]1CN(Cn2nc(-c3cccs3)n(C[C@@H]3CCCO3)c2=S)CCO1. The monoisotopic (exact) mass is 380 g/mol. The van der Waals surface area contributed by atoms with Gasteiger partial charge < -0.3 is 9.47 Å². The minimum absolute atomic E-state index is 0.242. The van der Waals surface area contributed by atoms with Gasteiger partial charge in [-0.1, -0.05) is 6.07 Å². The molecular weight excluding hydrogens is 356 g/mol. The molecule has 8 heteroatoms. The van der Waals surface area contributed by atoms with Crippen LogP contribution in [0.2, 0.25) is 0 Å².